The molecule has 2 aromatic heterocycles. The zero-order valence-corrected chi connectivity index (χ0v) is 19.9. The number of anilines is 1. The smallest absolute Gasteiger partial charge is 0.310 e. The van der Waals surface area contributed by atoms with E-state index in [9.17, 15) is 13.2 Å². The lowest BCUT2D eigenvalue weighted by Crippen LogP contribution is -2.37. The molecule has 0 radical (unpaired) electrons. The first-order valence-electron chi connectivity index (χ1n) is 10.5. The SMILES string of the molecule is CC(=O)Nc1cc(C(C)N2CCCC(c3cc(C)nc(C)c3)C2)nn1S(=O)(=O)N(C)C. The van der Waals surface area contributed by atoms with Crippen LogP contribution in [0.2, 0.25) is 0 Å². The number of hydrogen-bond acceptors (Lipinski definition) is 6. The van der Waals surface area contributed by atoms with Crippen LogP contribution in [0.3, 0.4) is 0 Å². The molecule has 0 bridgehead atoms. The van der Waals surface area contributed by atoms with Crippen LogP contribution in [0.5, 0.6) is 0 Å². The highest BCUT2D eigenvalue weighted by Crippen LogP contribution is 2.33. The molecule has 31 heavy (non-hydrogen) atoms. The fourth-order valence-corrected chi connectivity index (χ4v) is 4.96. The molecule has 10 heteroatoms. The molecular formula is C21H32N6O3S. The maximum absolute atomic E-state index is 12.7. The lowest BCUT2D eigenvalue weighted by molar-refractivity contribution is -0.114. The third-order valence-corrected chi connectivity index (χ3v) is 7.32. The highest BCUT2D eigenvalue weighted by molar-refractivity contribution is 7.87. The van der Waals surface area contributed by atoms with Crippen LogP contribution in [0.25, 0.3) is 0 Å². The second-order valence-electron chi connectivity index (χ2n) is 8.46. The molecule has 1 amide bonds. The molecule has 0 aliphatic carbocycles. The van der Waals surface area contributed by atoms with Crippen LogP contribution >= 0.6 is 0 Å². The van der Waals surface area contributed by atoms with Gasteiger partial charge < -0.3 is 5.32 Å². The van der Waals surface area contributed by atoms with Crippen LogP contribution in [0.4, 0.5) is 5.82 Å². The predicted octanol–water partition coefficient (Wildman–Crippen LogP) is 2.45. The van der Waals surface area contributed by atoms with Gasteiger partial charge in [0, 0.05) is 45.0 Å². The number of carbonyl (C=O) groups excluding carboxylic acids is 1. The maximum atomic E-state index is 12.7. The molecule has 0 spiro atoms. The molecule has 2 atom stereocenters. The summed E-state index contributed by atoms with van der Waals surface area (Å²) in [6, 6.07) is 5.85. The number of hydrogen-bond donors (Lipinski definition) is 1. The summed E-state index contributed by atoms with van der Waals surface area (Å²) in [5, 5.41) is 6.97. The van der Waals surface area contributed by atoms with E-state index in [4.69, 9.17) is 0 Å². The summed E-state index contributed by atoms with van der Waals surface area (Å²) < 4.78 is 27.4. The van der Waals surface area contributed by atoms with Gasteiger partial charge in [0.15, 0.2) is 0 Å². The summed E-state index contributed by atoms with van der Waals surface area (Å²) in [5.41, 5.74) is 3.94. The molecule has 1 aliphatic rings. The summed E-state index contributed by atoms with van der Waals surface area (Å²) in [6.45, 7) is 9.16. The Kier molecular flexibility index (Phi) is 6.82. The van der Waals surface area contributed by atoms with Crippen molar-refractivity contribution in [2.24, 2.45) is 0 Å². The Morgan fingerprint density at radius 1 is 1.23 bits per heavy atom. The number of rotatable bonds is 6. The lowest BCUT2D eigenvalue weighted by Gasteiger charge is -2.36. The molecule has 1 aliphatic heterocycles. The first-order chi connectivity index (χ1) is 14.5. The molecule has 0 aromatic carbocycles. The van der Waals surface area contributed by atoms with Crippen molar-refractivity contribution >= 4 is 21.9 Å². The van der Waals surface area contributed by atoms with E-state index in [0.29, 0.717) is 11.6 Å². The number of piperidine rings is 1. The molecule has 1 fully saturated rings. The van der Waals surface area contributed by atoms with Crippen LogP contribution < -0.4 is 5.32 Å². The highest BCUT2D eigenvalue weighted by atomic mass is 32.2. The molecule has 0 saturated carbocycles. The van der Waals surface area contributed by atoms with Crippen molar-refractivity contribution in [3.05, 3.63) is 40.8 Å². The van der Waals surface area contributed by atoms with E-state index in [1.165, 1.54) is 26.6 Å². The van der Waals surface area contributed by atoms with Gasteiger partial charge in [0.05, 0.1) is 11.7 Å². The zero-order valence-electron chi connectivity index (χ0n) is 19.1. The van der Waals surface area contributed by atoms with Gasteiger partial charge in [-0.2, -0.15) is 17.8 Å². The molecule has 1 N–H and O–H groups in total. The topological polar surface area (TPSA) is 100 Å². The molecule has 2 aromatic rings. The van der Waals surface area contributed by atoms with Crippen LogP contribution in [0.15, 0.2) is 18.2 Å². The largest absolute Gasteiger partial charge is 0.324 e. The Bertz CT molecular complexity index is 1040. The van der Waals surface area contributed by atoms with Crippen LogP contribution in [-0.2, 0) is 15.0 Å². The van der Waals surface area contributed by atoms with E-state index in [-0.39, 0.29) is 17.8 Å². The number of pyridine rings is 1. The Morgan fingerprint density at radius 3 is 2.45 bits per heavy atom. The van der Waals surface area contributed by atoms with Gasteiger partial charge in [0.1, 0.15) is 5.82 Å². The van der Waals surface area contributed by atoms with E-state index in [1.807, 2.05) is 20.8 Å². The molecule has 1 saturated heterocycles. The Hall–Kier alpha value is -2.30. The molecule has 2 unspecified atom stereocenters. The third-order valence-electron chi connectivity index (χ3n) is 5.68. The van der Waals surface area contributed by atoms with Crippen molar-refractivity contribution in [3.8, 4) is 0 Å². The normalized spacial score (nSPS) is 18.9. The summed E-state index contributed by atoms with van der Waals surface area (Å²) in [5.74, 6) is 0.187. The quantitative estimate of drug-likeness (QED) is 0.729. The van der Waals surface area contributed by atoms with Gasteiger partial charge in [-0.15, -0.1) is 4.09 Å². The van der Waals surface area contributed by atoms with Crippen molar-refractivity contribution in [3.63, 3.8) is 0 Å². The maximum Gasteiger partial charge on any atom is 0.324 e. The number of nitrogens with zero attached hydrogens (tertiary/aromatic N) is 5. The molecular weight excluding hydrogens is 416 g/mol. The Labute approximate surface area is 184 Å². The molecule has 9 nitrogen and oxygen atoms in total. The Morgan fingerprint density at radius 2 is 1.87 bits per heavy atom. The average Bonchev–Trinajstić information content (AvgIpc) is 3.10. The molecule has 170 valence electrons. The first kappa shape index (κ1) is 23.4. The van der Waals surface area contributed by atoms with E-state index < -0.39 is 10.2 Å². The van der Waals surface area contributed by atoms with Crippen molar-refractivity contribution in [2.75, 3.05) is 32.5 Å². The minimum atomic E-state index is -3.86. The van der Waals surface area contributed by atoms with Crippen molar-refractivity contribution in [1.29, 1.82) is 0 Å². The lowest BCUT2D eigenvalue weighted by atomic mass is 9.89. The number of likely N-dealkylation sites (tertiary alicyclic amines) is 1. The highest BCUT2D eigenvalue weighted by Gasteiger charge is 2.30. The third kappa shape index (κ3) is 5.13. The summed E-state index contributed by atoms with van der Waals surface area (Å²) >= 11 is 0. The van der Waals surface area contributed by atoms with E-state index >= 15 is 0 Å². The van der Waals surface area contributed by atoms with Crippen LogP contribution in [0, 0.1) is 13.8 Å². The number of nitrogens with one attached hydrogen (secondary N) is 1. The van der Waals surface area contributed by atoms with Crippen LogP contribution in [0.1, 0.15) is 61.3 Å². The van der Waals surface area contributed by atoms with Gasteiger partial charge in [0.2, 0.25) is 5.91 Å². The second-order valence-corrected chi connectivity index (χ2v) is 10.4. The summed E-state index contributed by atoms with van der Waals surface area (Å²) in [7, 11) is -0.989. The molecule has 3 heterocycles. The predicted molar refractivity (Wildman–Crippen MR) is 120 cm³/mol. The zero-order chi connectivity index (χ0) is 22.9. The van der Waals surface area contributed by atoms with Gasteiger partial charge in [-0.3, -0.25) is 14.7 Å². The fourth-order valence-electron chi connectivity index (χ4n) is 4.10. The van der Waals surface area contributed by atoms with Crippen molar-refractivity contribution < 1.29 is 13.2 Å². The van der Waals surface area contributed by atoms with E-state index in [0.717, 1.165) is 45.7 Å². The monoisotopic (exact) mass is 448 g/mol. The van der Waals surface area contributed by atoms with Crippen LogP contribution in [-0.4, -0.2) is 64.9 Å². The van der Waals surface area contributed by atoms with E-state index in [1.54, 1.807) is 6.07 Å². The minimum Gasteiger partial charge on any atom is -0.310 e. The van der Waals surface area contributed by atoms with Crippen molar-refractivity contribution in [1.82, 2.24) is 23.4 Å². The average molecular weight is 449 g/mol. The number of aryl methyl sites for hydroxylation is 2. The molecule has 3 rings (SSSR count). The summed E-state index contributed by atoms with van der Waals surface area (Å²) in [4.78, 5) is 18.4. The summed E-state index contributed by atoms with van der Waals surface area (Å²) in [6.07, 6.45) is 2.15. The minimum absolute atomic E-state index is 0.0991. The first-order valence-corrected chi connectivity index (χ1v) is 11.9. The van der Waals surface area contributed by atoms with Gasteiger partial charge in [-0.25, -0.2) is 0 Å². The standard InChI is InChI=1S/C21H32N6O3S/c1-14-10-19(11-15(2)22-14)18-8-7-9-26(13-18)16(3)20-12-21(23-17(4)28)27(24-20)31(29,30)25(5)6/h10-12,16,18H,7-9,13H2,1-6H3,(H,23,28). The van der Waals surface area contributed by atoms with E-state index in [2.05, 4.69) is 32.4 Å². The number of amides is 1. The Balaban J connectivity index is 1.88. The van der Waals surface area contributed by atoms with Gasteiger partial charge >= 0.3 is 10.2 Å². The fraction of sp³-hybridized carbons (Fsp3) is 0.571. The van der Waals surface area contributed by atoms with Gasteiger partial charge in [-0.1, -0.05) is 0 Å². The number of aromatic nitrogens is 3. The number of carbonyl (C=O) groups is 1. The van der Waals surface area contributed by atoms with Crippen molar-refractivity contribution in [2.45, 2.75) is 52.5 Å². The van der Waals surface area contributed by atoms with Gasteiger partial charge in [-0.05, 0) is 63.8 Å². The second kappa shape index (κ2) is 9.05. The van der Waals surface area contributed by atoms with Gasteiger partial charge in [0.25, 0.3) is 0 Å².